The van der Waals surface area contributed by atoms with Crippen molar-refractivity contribution in [1.29, 1.82) is 0 Å². The van der Waals surface area contributed by atoms with Crippen molar-refractivity contribution in [3.8, 4) is 0 Å². The predicted octanol–water partition coefficient (Wildman–Crippen LogP) is 3.79. The summed E-state index contributed by atoms with van der Waals surface area (Å²) in [6.45, 7) is 6.31. The van der Waals surface area contributed by atoms with Gasteiger partial charge < -0.3 is 5.32 Å². The van der Waals surface area contributed by atoms with Gasteiger partial charge in [0.2, 0.25) is 0 Å². The van der Waals surface area contributed by atoms with Gasteiger partial charge in [0.15, 0.2) is 0 Å². The summed E-state index contributed by atoms with van der Waals surface area (Å²) in [5.74, 6) is 0. The molecule has 0 saturated heterocycles. The van der Waals surface area contributed by atoms with E-state index in [1.807, 2.05) is 36.9 Å². The minimum Gasteiger partial charge on any atom is -0.303 e. The fourth-order valence-corrected chi connectivity index (χ4v) is 2.72. The number of benzene rings is 1. The molecule has 0 saturated carbocycles. The van der Waals surface area contributed by atoms with Crippen LogP contribution in [0.2, 0.25) is 5.02 Å². The lowest BCUT2D eigenvalue weighted by molar-refractivity contribution is 0.493. The molecule has 0 radical (unpaired) electrons. The zero-order valence-electron chi connectivity index (χ0n) is 11.8. The normalized spacial score (nSPS) is 14.4. The summed E-state index contributed by atoms with van der Waals surface area (Å²) in [6.07, 6.45) is 2.06. The lowest BCUT2D eigenvalue weighted by atomic mass is 10.0. The van der Waals surface area contributed by atoms with E-state index in [1.165, 1.54) is 5.56 Å². The molecule has 19 heavy (non-hydrogen) atoms. The molecule has 2 rings (SSSR count). The molecule has 4 heteroatoms. The van der Waals surface area contributed by atoms with Crippen LogP contribution in [0.15, 0.2) is 30.5 Å². The van der Waals surface area contributed by atoms with E-state index in [2.05, 4.69) is 36.5 Å². The lowest BCUT2D eigenvalue weighted by Gasteiger charge is -2.21. The summed E-state index contributed by atoms with van der Waals surface area (Å²) in [6, 6.07) is 8.38. The summed E-state index contributed by atoms with van der Waals surface area (Å²) in [5.41, 5.74) is 3.41. The summed E-state index contributed by atoms with van der Waals surface area (Å²) in [5, 5.41) is 8.75. The first-order chi connectivity index (χ1) is 8.99. The van der Waals surface area contributed by atoms with E-state index >= 15 is 0 Å². The van der Waals surface area contributed by atoms with Gasteiger partial charge in [0.25, 0.3) is 0 Å². The molecular weight excluding hydrogens is 258 g/mol. The molecule has 1 N–H and O–H groups in total. The van der Waals surface area contributed by atoms with Crippen LogP contribution in [0.25, 0.3) is 0 Å². The molecule has 0 bridgehead atoms. The number of rotatable bonds is 4. The van der Waals surface area contributed by atoms with Crippen LogP contribution in [0.5, 0.6) is 0 Å². The second-order valence-electron chi connectivity index (χ2n) is 4.98. The van der Waals surface area contributed by atoms with E-state index in [9.17, 15) is 0 Å². The Hall–Kier alpha value is -1.32. The molecule has 0 aliphatic rings. The second-order valence-corrected chi connectivity index (χ2v) is 5.38. The van der Waals surface area contributed by atoms with Crippen LogP contribution < -0.4 is 5.32 Å². The first kappa shape index (κ1) is 14.1. The highest BCUT2D eigenvalue weighted by Crippen LogP contribution is 2.25. The van der Waals surface area contributed by atoms with Gasteiger partial charge in [0, 0.05) is 35.9 Å². The minimum absolute atomic E-state index is 0.198. The summed E-state index contributed by atoms with van der Waals surface area (Å²) >= 11 is 6.23. The molecule has 3 nitrogen and oxygen atoms in total. The molecule has 102 valence electrons. The summed E-state index contributed by atoms with van der Waals surface area (Å²) in [4.78, 5) is 0. The third kappa shape index (κ3) is 3.17. The van der Waals surface area contributed by atoms with E-state index in [0.29, 0.717) is 0 Å². The second kappa shape index (κ2) is 5.76. The Balaban J connectivity index is 2.13. The maximum absolute atomic E-state index is 6.23. The van der Waals surface area contributed by atoms with Gasteiger partial charge in [-0.1, -0.05) is 29.8 Å². The van der Waals surface area contributed by atoms with Crippen molar-refractivity contribution in [2.45, 2.75) is 32.9 Å². The third-order valence-corrected chi connectivity index (χ3v) is 3.73. The first-order valence-electron chi connectivity index (χ1n) is 6.49. The van der Waals surface area contributed by atoms with Crippen molar-refractivity contribution in [3.05, 3.63) is 52.3 Å². The van der Waals surface area contributed by atoms with Gasteiger partial charge in [0.1, 0.15) is 0 Å². The van der Waals surface area contributed by atoms with E-state index in [0.717, 1.165) is 16.3 Å². The number of nitrogens with zero attached hydrogens (tertiary/aromatic N) is 2. The van der Waals surface area contributed by atoms with Crippen molar-refractivity contribution in [1.82, 2.24) is 15.1 Å². The SMILES string of the molecule is Cc1nn(C)cc1C(C)NC(C)c1ccccc1Cl. The minimum atomic E-state index is 0.198. The number of halogens is 1. The van der Waals surface area contributed by atoms with Crippen LogP contribution in [0, 0.1) is 6.92 Å². The van der Waals surface area contributed by atoms with E-state index < -0.39 is 0 Å². The quantitative estimate of drug-likeness (QED) is 0.921. The molecule has 0 fully saturated rings. The number of aromatic nitrogens is 2. The van der Waals surface area contributed by atoms with Crippen LogP contribution in [0.1, 0.15) is 42.8 Å². The maximum Gasteiger partial charge on any atom is 0.0641 e. The van der Waals surface area contributed by atoms with E-state index in [4.69, 9.17) is 11.6 Å². The number of aryl methyl sites for hydroxylation is 2. The number of hydrogen-bond acceptors (Lipinski definition) is 2. The summed E-state index contributed by atoms with van der Waals surface area (Å²) < 4.78 is 1.85. The van der Waals surface area contributed by atoms with Crippen molar-refractivity contribution >= 4 is 11.6 Å². The third-order valence-electron chi connectivity index (χ3n) is 3.39. The molecule has 1 aromatic carbocycles. The standard InChI is InChI=1S/C15H20ClN3/c1-10(13-7-5-6-8-15(13)16)17-11(2)14-9-19(4)18-12(14)3/h5-11,17H,1-4H3. The molecule has 1 aromatic heterocycles. The van der Waals surface area contributed by atoms with Crippen LogP contribution in [0.3, 0.4) is 0 Å². The zero-order chi connectivity index (χ0) is 14.0. The molecule has 0 spiro atoms. The number of hydrogen-bond donors (Lipinski definition) is 1. The average molecular weight is 278 g/mol. The first-order valence-corrected chi connectivity index (χ1v) is 6.87. The van der Waals surface area contributed by atoms with Gasteiger partial charge in [0.05, 0.1) is 5.69 Å². The fraction of sp³-hybridized carbons (Fsp3) is 0.400. The van der Waals surface area contributed by atoms with Gasteiger partial charge in [-0.2, -0.15) is 5.10 Å². The smallest absolute Gasteiger partial charge is 0.0641 e. The molecule has 0 aliphatic carbocycles. The Bertz CT molecular complexity index is 562. The van der Waals surface area contributed by atoms with E-state index in [-0.39, 0.29) is 12.1 Å². The highest BCUT2D eigenvalue weighted by molar-refractivity contribution is 6.31. The Kier molecular flexibility index (Phi) is 4.27. The van der Waals surface area contributed by atoms with Crippen LogP contribution in [-0.4, -0.2) is 9.78 Å². The molecule has 2 unspecified atom stereocenters. The molecule has 0 aliphatic heterocycles. The fourth-order valence-electron chi connectivity index (χ4n) is 2.42. The Morgan fingerprint density at radius 1 is 1.16 bits per heavy atom. The van der Waals surface area contributed by atoms with Gasteiger partial charge >= 0.3 is 0 Å². The maximum atomic E-state index is 6.23. The van der Waals surface area contributed by atoms with Crippen molar-refractivity contribution in [3.63, 3.8) is 0 Å². The van der Waals surface area contributed by atoms with E-state index in [1.54, 1.807) is 0 Å². The highest BCUT2D eigenvalue weighted by atomic mass is 35.5. The molecule has 1 heterocycles. The van der Waals surface area contributed by atoms with Gasteiger partial charge in [-0.25, -0.2) is 0 Å². The topological polar surface area (TPSA) is 29.9 Å². The van der Waals surface area contributed by atoms with Gasteiger partial charge in [-0.05, 0) is 32.4 Å². The average Bonchev–Trinajstić information content (AvgIpc) is 2.69. The van der Waals surface area contributed by atoms with Gasteiger partial charge in [-0.3, -0.25) is 4.68 Å². The lowest BCUT2D eigenvalue weighted by Crippen LogP contribution is -2.23. The monoisotopic (exact) mass is 277 g/mol. The number of nitrogens with one attached hydrogen (secondary N) is 1. The van der Waals surface area contributed by atoms with Crippen molar-refractivity contribution in [2.24, 2.45) is 7.05 Å². The predicted molar refractivity (Wildman–Crippen MR) is 79.4 cm³/mol. The molecule has 0 amide bonds. The Morgan fingerprint density at radius 3 is 2.37 bits per heavy atom. The van der Waals surface area contributed by atoms with Crippen LogP contribution in [0.4, 0.5) is 0 Å². The van der Waals surface area contributed by atoms with Crippen LogP contribution >= 0.6 is 11.6 Å². The van der Waals surface area contributed by atoms with Crippen LogP contribution in [-0.2, 0) is 7.05 Å². The zero-order valence-corrected chi connectivity index (χ0v) is 12.6. The highest BCUT2D eigenvalue weighted by Gasteiger charge is 2.16. The van der Waals surface area contributed by atoms with Crippen molar-refractivity contribution < 1.29 is 0 Å². The Morgan fingerprint density at radius 2 is 1.79 bits per heavy atom. The summed E-state index contributed by atoms with van der Waals surface area (Å²) in [7, 11) is 1.95. The Labute approximate surface area is 119 Å². The van der Waals surface area contributed by atoms with Gasteiger partial charge in [-0.15, -0.1) is 0 Å². The molecule has 2 aromatic rings. The van der Waals surface area contributed by atoms with Crippen molar-refractivity contribution in [2.75, 3.05) is 0 Å². The molecule has 2 atom stereocenters. The largest absolute Gasteiger partial charge is 0.303 e. The molecular formula is C15H20ClN3.